The van der Waals surface area contributed by atoms with E-state index in [1.165, 1.54) is 0 Å². The number of carbonyl (C=O) groups excluding carboxylic acids is 1. The molecule has 0 radical (unpaired) electrons. The van der Waals surface area contributed by atoms with E-state index in [2.05, 4.69) is 5.32 Å². The third-order valence-corrected chi connectivity index (χ3v) is 4.70. The highest BCUT2D eigenvalue weighted by Gasteiger charge is 2.25. The van der Waals surface area contributed by atoms with Crippen molar-refractivity contribution in [3.05, 3.63) is 52.5 Å². The fourth-order valence-electron chi connectivity index (χ4n) is 3.04. The Hall–Kier alpha value is -2.40. The maximum Gasteiger partial charge on any atom is 0.226 e. The van der Waals surface area contributed by atoms with Crippen LogP contribution in [0.4, 0.5) is 0 Å². The van der Waals surface area contributed by atoms with Crippen LogP contribution in [0.3, 0.4) is 0 Å². The summed E-state index contributed by atoms with van der Waals surface area (Å²) >= 11 is 6.03. The highest BCUT2D eigenvalue weighted by Crippen LogP contribution is 2.30. The third kappa shape index (κ3) is 4.22. The van der Waals surface area contributed by atoms with Crippen LogP contribution in [-0.4, -0.2) is 33.3 Å². The van der Waals surface area contributed by atoms with Crippen molar-refractivity contribution in [2.24, 2.45) is 5.92 Å². The van der Waals surface area contributed by atoms with Crippen molar-refractivity contribution in [3.63, 3.8) is 0 Å². The summed E-state index contributed by atoms with van der Waals surface area (Å²) < 4.78 is 16.2. The molecule has 26 heavy (non-hydrogen) atoms. The molecule has 1 amide bonds. The van der Waals surface area contributed by atoms with E-state index in [1.54, 1.807) is 20.3 Å². The van der Waals surface area contributed by atoms with E-state index in [9.17, 15) is 4.79 Å². The standard InChI is InChI=1S/C20H22ClNO4/c1-24-18-5-3-13(9-19(18)25-2)7-8-22-20(23)15-10-14-11-16(21)4-6-17(14)26-12-15/h3-6,9,11,15H,7-8,10,12H2,1-2H3,(H,22,23)/t15-/m0/s1. The minimum atomic E-state index is -0.202. The summed E-state index contributed by atoms with van der Waals surface area (Å²) in [7, 11) is 3.21. The Kier molecular flexibility index (Phi) is 5.89. The Labute approximate surface area is 158 Å². The van der Waals surface area contributed by atoms with Crippen molar-refractivity contribution >= 4 is 17.5 Å². The minimum Gasteiger partial charge on any atom is -0.493 e. The number of ether oxygens (including phenoxy) is 3. The lowest BCUT2D eigenvalue weighted by Crippen LogP contribution is -2.38. The largest absolute Gasteiger partial charge is 0.493 e. The average Bonchev–Trinajstić information content (AvgIpc) is 2.67. The van der Waals surface area contributed by atoms with Crippen LogP contribution < -0.4 is 19.5 Å². The summed E-state index contributed by atoms with van der Waals surface area (Å²) in [5.74, 6) is 1.98. The average molecular weight is 376 g/mol. The van der Waals surface area contributed by atoms with Crippen LogP contribution in [0.2, 0.25) is 5.02 Å². The van der Waals surface area contributed by atoms with E-state index in [-0.39, 0.29) is 11.8 Å². The second-order valence-corrected chi connectivity index (χ2v) is 6.63. The number of benzene rings is 2. The van der Waals surface area contributed by atoms with Gasteiger partial charge in [0.15, 0.2) is 11.5 Å². The van der Waals surface area contributed by atoms with Crippen molar-refractivity contribution in [2.75, 3.05) is 27.4 Å². The molecule has 0 spiro atoms. The molecule has 3 rings (SSSR count). The SMILES string of the molecule is COc1ccc(CCNC(=O)[C@@H]2COc3ccc(Cl)cc3C2)cc1OC. The number of methoxy groups -OCH3 is 2. The number of nitrogens with one attached hydrogen (secondary N) is 1. The summed E-state index contributed by atoms with van der Waals surface area (Å²) in [5.41, 5.74) is 2.05. The number of amides is 1. The molecule has 0 saturated carbocycles. The number of hydrogen-bond acceptors (Lipinski definition) is 4. The second kappa shape index (κ2) is 8.32. The highest BCUT2D eigenvalue weighted by molar-refractivity contribution is 6.30. The van der Waals surface area contributed by atoms with Gasteiger partial charge in [0.2, 0.25) is 5.91 Å². The summed E-state index contributed by atoms with van der Waals surface area (Å²) in [6.07, 6.45) is 1.35. The fourth-order valence-corrected chi connectivity index (χ4v) is 3.24. The van der Waals surface area contributed by atoms with E-state index >= 15 is 0 Å². The normalized spacial score (nSPS) is 15.6. The Balaban J connectivity index is 1.53. The maximum atomic E-state index is 12.4. The van der Waals surface area contributed by atoms with Gasteiger partial charge in [-0.05, 0) is 54.3 Å². The molecule has 1 aliphatic rings. The van der Waals surface area contributed by atoms with Crippen LogP contribution in [0.15, 0.2) is 36.4 Å². The lowest BCUT2D eigenvalue weighted by molar-refractivity contribution is -0.126. The Morgan fingerprint density at radius 1 is 1.19 bits per heavy atom. The molecule has 5 nitrogen and oxygen atoms in total. The van der Waals surface area contributed by atoms with E-state index in [0.717, 1.165) is 16.9 Å². The molecule has 1 heterocycles. The lowest BCUT2D eigenvalue weighted by Gasteiger charge is -2.24. The Morgan fingerprint density at radius 3 is 2.77 bits per heavy atom. The van der Waals surface area contributed by atoms with Gasteiger partial charge < -0.3 is 19.5 Å². The highest BCUT2D eigenvalue weighted by atomic mass is 35.5. The van der Waals surface area contributed by atoms with Gasteiger partial charge in [0.25, 0.3) is 0 Å². The minimum absolute atomic E-state index is 0.00361. The number of carbonyl (C=O) groups is 1. The summed E-state index contributed by atoms with van der Waals surface area (Å²) in [5, 5.41) is 3.64. The second-order valence-electron chi connectivity index (χ2n) is 6.19. The molecule has 0 aliphatic carbocycles. The molecule has 0 aromatic heterocycles. The van der Waals surface area contributed by atoms with Gasteiger partial charge in [-0.2, -0.15) is 0 Å². The fraction of sp³-hybridized carbons (Fsp3) is 0.350. The molecular weight excluding hydrogens is 354 g/mol. The van der Waals surface area contributed by atoms with Gasteiger partial charge in [-0.3, -0.25) is 4.79 Å². The summed E-state index contributed by atoms with van der Waals surface area (Å²) in [6, 6.07) is 11.3. The quantitative estimate of drug-likeness (QED) is 0.841. The zero-order valence-corrected chi connectivity index (χ0v) is 15.6. The Morgan fingerprint density at radius 2 is 2.00 bits per heavy atom. The molecule has 0 fully saturated rings. The number of fused-ring (bicyclic) bond motifs is 1. The van der Waals surface area contributed by atoms with Crippen LogP contribution in [0.25, 0.3) is 0 Å². The van der Waals surface area contributed by atoms with Crippen LogP contribution >= 0.6 is 11.6 Å². The van der Waals surface area contributed by atoms with Gasteiger partial charge in [0.05, 0.1) is 20.1 Å². The first-order chi connectivity index (χ1) is 12.6. The molecule has 1 aliphatic heterocycles. The number of rotatable bonds is 6. The van der Waals surface area contributed by atoms with Crippen molar-refractivity contribution in [2.45, 2.75) is 12.8 Å². The molecule has 1 atom stereocenters. The van der Waals surface area contributed by atoms with Gasteiger partial charge in [-0.1, -0.05) is 17.7 Å². The predicted molar refractivity (Wildman–Crippen MR) is 100 cm³/mol. The van der Waals surface area contributed by atoms with Gasteiger partial charge >= 0.3 is 0 Å². The molecule has 0 bridgehead atoms. The van der Waals surface area contributed by atoms with Crippen LogP contribution in [0.5, 0.6) is 17.2 Å². The van der Waals surface area contributed by atoms with Gasteiger partial charge in [0.1, 0.15) is 12.4 Å². The van der Waals surface area contributed by atoms with Crippen molar-refractivity contribution in [1.29, 1.82) is 0 Å². The molecule has 6 heteroatoms. The lowest BCUT2D eigenvalue weighted by atomic mass is 9.96. The maximum absolute atomic E-state index is 12.4. The molecule has 0 unspecified atom stereocenters. The summed E-state index contributed by atoms with van der Waals surface area (Å²) in [6.45, 7) is 0.935. The van der Waals surface area contributed by atoms with Crippen molar-refractivity contribution in [1.82, 2.24) is 5.32 Å². The predicted octanol–water partition coefficient (Wildman–Crippen LogP) is 3.27. The van der Waals surface area contributed by atoms with E-state index in [4.69, 9.17) is 25.8 Å². The first kappa shape index (κ1) is 18.4. The molecular formula is C20H22ClNO4. The van der Waals surface area contributed by atoms with E-state index < -0.39 is 0 Å². The zero-order valence-electron chi connectivity index (χ0n) is 14.9. The smallest absolute Gasteiger partial charge is 0.226 e. The van der Waals surface area contributed by atoms with Crippen molar-refractivity contribution < 1.29 is 19.0 Å². The monoisotopic (exact) mass is 375 g/mol. The van der Waals surface area contributed by atoms with E-state index in [0.29, 0.717) is 42.5 Å². The topological polar surface area (TPSA) is 56.8 Å². The van der Waals surface area contributed by atoms with Crippen molar-refractivity contribution in [3.8, 4) is 17.2 Å². The first-order valence-corrected chi connectivity index (χ1v) is 8.88. The Bertz CT molecular complexity index is 793. The van der Waals surface area contributed by atoms with Gasteiger partial charge in [-0.25, -0.2) is 0 Å². The molecule has 138 valence electrons. The first-order valence-electron chi connectivity index (χ1n) is 8.50. The third-order valence-electron chi connectivity index (χ3n) is 4.46. The molecule has 2 aromatic carbocycles. The van der Waals surface area contributed by atoms with E-state index in [1.807, 2.05) is 30.3 Å². The van der Waals surface area contributed by atoms with Crippen LogP contribution in [0.1, 0.15) is 11.1 Å². The van der Waals surface area contributed by atoms with Gasteiger partial charge in [-0.15, -0.1) is 0 Å². The summed E-state index contributed by atoms with van der Waals surface area (Å²) in [4.78, 5) is 12.4. The molecule has 1 N–H and O–H groups in total. The molecule has 2 aromatic rings. The number of hydrogen-bond donors (Lipinski definition) is 1. The van der Waals surface area contributed by atoms with Crippen LogP contribution in [-0.2, 0) is 17.6 Å². The molecule has 0 saturated heterocycles. The van der Waals surface area contributed by atoms with Gasteiger partial charge in [0, 0.05) is 11.6 Å². The number of halogens is 1. The van der Waals surface area contributed by atoms with Crippen LogP contribution in [0, 0.1) is 5.92 Å². The zero-order chi connectivity index (χ0) is 18.5.